The number of hydrogen-bond acceptors (Lipinski definition) is 3. The molecule has 0 atom stereocenters. The van der Waals surface area contributed by atoms with Gasteiger partial charge in [-0.15, -0.1) is 12.3 Å². The van der Waals surface area contributed by atoms with Gasteiger partial charge in [0.05, 0.1) is 11.5 Å². The van der Waals surface area contributed by atoms with Crippen LogP contribution in [0.15, 0.2) is 29.2 Å². The fourth-order valence-electron chi connectivity index (χ4n) is 1.22. The van der Waals surface area contributed by atoms with Crippen molar-refractivity contribution in [2.45, 2.75) is 18.2 Å². The summed E-state index contributed by atoms with van der Waals surface area (Å²) < 4.78 is 31.2. The molecule has 0 aliphatic carbocycles. The van der Waals surface area contributed by atoms with Crippen LogP contribution in [0.3, 0.4) is 0 Å². The molecule has 5 heteroatoms. The minimum Gasteiger partial charge on any atom is -0.494 e. The average Bonchev–Trinajstić information content (AvgIpc) is 2.30. The SMILES string of the molecule is C#CCCNS(=O)(=O)c1ccc(OCC)cc1. The van der Waals surface area contributed by atoms with Gasteiger partial charge in [-0.3, -0.25) is 0 Å². The maximum absolute atomic E-state index is 11.8. The van der Waals surface area contributed by atoms with Crippen molar-refractivity contribution >= 4 is 10.0 Å². The van der Waals surface area contributed by atoms with Crippen molar-refractivity contribution in [2.75, 3.05) is 13.2 Å². The van der Waals surface area contributed by atoms with Crippen LogP contribution in [0.25, 0.3) is 0 Å². The summed E-state index contributed by atoms with van der Waals surface area (Å²) in [5, 5.41) is 0. The Balaban J connectivity index is 2.75. The Labute approximate surface area is 102 Å². The van der Waals surface area contributed by atoms with Crippen LogP contribution >= 0.6 is 0 Å². The van der Waals surface area contributed by atoms with Crippen LogP contribution in [-0.4, -0.2) is 21.6 Å². The zero-order valence-corrected chi connectivity index (χ0v) is 10.5. The Hall–Kier alpha value is -1.51. The summed E-state index contributed by atoms with van der Waals surface area (Å²) >= 11 is 0. The van der Waals surface area contributed by atoms with Crippen molar-refractivity contribution in [3.63, 3.8) is 0 Å². The third kappa shape index (κ3) is 4.10. The van der Waals surface area contributed by atoms with Crippen LogP contribution < -0.4 is 9.46 Å². The first-order valence-electron chi connectivity index (χ1n) is 5.26. The molecule has 0 radical (unpaired) electrons. The van der Waals surface area contributed by atoms with E-state index in [2.05, 4.69) is 10.6 Å². The number of nitrogens with one attached hydrogen (secondary N) is 1. The van der Waals surface area contributed by atoms with Crippen LogP contribution in [0.4, 0.5) is 0 Å². The summed E-state index contributed by atoms with van der Waals surface area (Å²) in [5.74, 6) is 3.02. The second kappa shape index (κ2) is 6.28. The third-order valence-corrected chi connectivity index (χ3v) is 3.48. The normalized spacial score (nSPS) is 10.8. The van der Waals surface area contributed by atoms with Gasteiger partial charge >= 0.3 is 0 Å². The maximum atomic E-state index is 11.8. The summed E-state index contributed by atoms with van der Waals surface area (Å²) in [5.41, 5.74) is 0. The lowest BCUT2D eigenvalue weighted by atomic mass is 10.3. The minimum absolute atomic E-state index is 0.206. The van der Waals surface area contributed by atoms with Gasteiger partial charge in [-0.05, 0) is 31.2 Å². The van der Waals surface area contributed by atoms with Crippen molar-refractivity contribution in [3.05, 3.63) is 24.3 Å². The lowest BCUT2D eigenvalue weighted by Crippen LogP contribution is -2.24. The third-order valence-electron chi connectivity index (χ3n) is 2.01. The molecule has 0 saturated heterocycles. The lowest BCUT2D eigenvalue weighted by Gasteiger charge is -2.06. The number of benzene rings is 1. The van der Waals surface area contributed by atoms with E-state index < -0.39 is 10.0 Å². The molecule has 1 aromatic rings. The monoisotopic (exact) mass is 253 g/mol. The Morgan fingerprint density at radius 1 is 1.35 bits per heavy atom. The lowest BCUT2D eigenvalue weighted by molar-refractivity contribution is 0.340. The first-order valence-corrected chi connectivity index (χ1v) is 6.74. The number of hydrogen-bond donors (Lipinski definition) is 1. The molecule has 92 valence electrons. The van der Waals surface area contributed by atoms with Gasteiger partial charge in [-0.2, -0.15) is 0 Å². The van der Waals surface area contributed by atoms with Crippen molar-refractivity contribution in [1.82, 2.24) is 4.72 Å². The topological polar surface area (TPSA) is 55.4 Å². The predicted octanol–water partition coefficient (Wildman–Crippen LogP) is 1.39. The Kier molecular flexibility index (Phi) is 5.01. The number of sulfonamides is 1. The molecule has 0 amide bonds. The minimum atomic E-state index is -3.47. The molecule has 1 N–H and O–H groups in total. The highest BCUT2D eigenvalue weighted by molar-refractivity contribution is 7.89. The Morgan fingerprint density at radius 3 is 2.53 bits per heavy atom. The highest BCUT2D eigenvalue weighted by Gasteiger charge is 2.12. The van der Waals surface area contributed by atoms with E-state index >= 15 is 0 Å². The summed E-state index contributed by atoms with van der Waals surface area (Å²) in [7, 11) is -3.47. The van der Waals surface area contributed by atoms with Gasteiger partial charge in [0.2, 0.25) is 10.0 Å². The molecule has 4 nitrogen and oxygen atoms in total. The number of terminal acetylenes is 1. The maximum Gasteiger partial charge on any atom is 0.240 e. The molecule has 0 unspecified atom stereocenters. The average molecular weight is 253 g/mol. The van der Waals surface area contributed by atoms with E-state index in [1.165, 1.54) is 12.1 Å². The van der Waals surface area contributed by atoms with Gasteiger partial charge in [0, 0.05) is 13.0 Å². The van der Waals surface area contributed by atoms with Gasteiger partial charge in [-0.1, -0.05) is 0 Å². The van der Waals surface area contributed by atoms with Crippen molar-refractivity contribution in [3.8, 4) is 18.1 Å². The molecule has 0 bridgehead atoms. The summed E-state index contributed by atoms with van der Waals surface area (Å²) in [6.45, 7) is 2.66. The van der Waals surface area contributed by atoms with E-state index in [-0.39, 0.29) is 11.4 Å². The molecule has 0 heterocycles. The summed E-state index contributed by atoms with van der Waals surface area (Å²) in [4.78, 5) is 0.206. The van der Waals surface area contributed by atoms with E-state index in [9.17, 15) is 8.42 Å². The first-order chi connectivity index (χ1) is 8.10. The van der Waals surface area contributed by atoms with Gasteiger partial charge in [0.1, 0.15) is 5.75 Å². The van der Waals surface area contributed by atoms with E-state index in [1.807, 2.05) is 6.92 Å². The van der Waals surface area contributed by atoms with Crippen LogP contribution in [0.1, 0.15) is 13.3 Å². The molecule has 0 aliphatic rings. The fourth-order valence-corrected chi connectivity index (χ4v) is 2.25. The molecule has 0 aliphatic heterocycles. The van der Waals surface area contributed by atoms with Gasteiger partial charge < -0.3 is 4.74 Å². The van der Waals surface area contributed by atoms with Crippen molar-refractivity contribution in [2.24, 2.45) is 0 Å². The molecule has 1 rings (SSSR count). The predicted molar refractivity (Wildman–Crippen MR) is 66.2 cm³/mol. The second-order valence-corrected chi connectivity index (χ2v) is 5.02. The van der Waals surface area contributed by atoms with E-state index in [0.717, 1.165) is 0 Å². The fraction of sp³-hybridized carbons (Fsp3) is 0.333. The number of rotatable bonds is 6. The van der Waals surface area contributed by atoms with Crippen LogP contribution in [-0.2, 0) is 10.0 Å². The largest absolute Gasteiger partial charge is 0.494 e. The van der Waals surface area contributed by atoms with Crippen LogP contribution in [0.2, 0.25) is 0 Å². The molecule has 0 spiro atoms. The van der Waals surface area contributed by atoms with Crippen LogP contribution in [0, 0.1) is 12.3 Å². The highest BCUT2D eigenvalue weighted by atomic mass is 32.2. The quantitative estimate of drug-likeness (QED) is 0.615. The summed E-state index contributed by atoms with van der Waals surface area (Å²) in [6.07, 6.45) is 5.42. The standard InChI is InChI=1S/C12H15NO3S/c1-3-5-10-13-17(14,15)12-8-6-11(7-9-12)16-4-2/h1,6-9,13H,4-5,10H2,2H3. The zero-order chi connectivity index (χ0) is 12.7. The van der Waals surface area contributed by atoms with Gasteiger partial charge in [-0.25, -0.2) is 13.1 Å². The van der Waals surface area contributed by atoms with E-state index in [4.69, 9.17) is 11.2 Å². The van der Waals surface area contributed by atoms with Gasteiger partial charge in [0.15, 0.2) is 0 Å². The van der Waals surface area contributed by atoms with Crippen molar-refractivity contribution in [1.29, 1.82) is 0 Å². The molecular weight excluding hydrogens is 238 g/mol. The molecular formula is C12H15NO3S. The molecule has 17 heavy (non-hydrogen) atoms. The van der Waals surface area contributed by atoms with Crippen LogP contribution in [0.5, 0.6) is 5.75 Å². The van der Waals surface area contributed by atoms with E-state index in [1.54, 1.807) is 12.1 Å². The molecule has 0 saturated carbocycles. The Morgan fingerprint density at radius 2 is 2.00 bits per heavy atom. The van der Waals surface area contributed by atoms with Crippen molar-refractivity contribution < 1.29 is 13.2 Å². The Bertz CT molecular complexity index is 485. The second-order valence-electron chi connectivity index (χ2n) is 3.26. The van der Waals surface area contributed by atoms with E-state index in [0.29, 0.717) is 18.8 Å². The first kappa shape index (κ1) is 13.6. The zero-order valence-electron chi connectivity index (χ0n) is 9.64. The highest BCUT2D eigenvalue weighted by Crippen LogP contribution is 2.15. The molecule has 1 aromatic carbocycles. The molecule has 0 fully saturated rings. The smallest absolute Gasteiger partial charge is 0.240 e. The van der Waals surface area contributed by atoms with Gasteiger partial charge in [0.25, 0.3) is 0 Å². The summed E-state index contributed by atoms with van der Waals surface area (Å²) in [6, 6.07) is 6.25. The molecule has 0 aromatic heterocycles. The number of ether oxygens (including phenoxy) is 1.